The predicted molar refractivity (Wildman–Crippen MR) is 133 cm³/mol. The molecule has 0 radical (unpaired) electrons. The molecule has 1 atom stereocenters. The number of amides is 1. The number of benzene rings is 2. The molecule has 2 aromatic rings. The lowest BCUT2D eigenvalue weighted by atomic mass is 9.89. The lowest BCUT2D eigenvalue weighted by molar-refractivity contribution is -0.139. The van der Waals surface area contributed by atoms with Crippen molar-refractivity contribution in [3.05, 3.63) is 69.2 Å². The molecular weight excluding hydrogens is 499 g/mol. The lowest BCUT2D eigenvalue weighted by Crippen LogP contribution is -2.42. The van der Waals surface area contributed by atoms with E-state index in [4.69, 9.17) is 23.2 Å². The van der Waals surface area contributed by atoms with E-state index in [-0.39, 0.29) is 33.7 Å². The third kappa shape index (κ3) is 6.50. The van der Waals surface area contributed by atoms with Gasteiger partial charge in [0.05, 0.1) is 21.4 Å². The molecule has 184 valence electrons. The van der Waals surface area contributed by atoms with Gasteiger partial charge in [-0.05, 0) is 48.4 Å². The zero-order valence-corrected chi connectivity index (χ0v) is 21.2. The number of carbonyl (C=O) groups excluding carboxylic acids is 1. The minimum absolute atomic E-state index is 0.0414. The molecule has 1 fully saturated rings. The van der Waals surface area contributed by atoms with E-state index in [2.05, 4.69) is 5.32 Å². The van der Waals surface area contributed by atoms with Crippen molar-refractivity contribution in [2.24, 2.45) is 0 Å². The third-order valence-corrected chi connectivity index (χ3v) is 8.70. The highest BCUT2D eigenvalue weighted by atomic mass is 35.5. The Bertz CT molecular complexity index is 1110. The second kappa shape index (κ2) is 11.5. The van der Waals surface area contributed by atoms with Crippen LogP contribution in [-0.2, 0) is 21.2 Å². The maximum Gasteiger partial charge on any atom is 0.326 e. The van der Waals surface area contributed by atoms with Crippen molar-refractivity contribution >= 4 is 45.1 Å². The van der Waals surface area contributed by atoms with Crippen LogP contribution >= 0.6 is 23.2 Å². The molecule has 1 aliphatic rings. The Morgan fingerprint density at radius 1 is 1.09 bits per heavy atom. The third-order valence-electron chi connectivity index (χ3n) is 5.99. The number of aliphatic carboxylic acids is 1. The van der Waals surface area contributed by atoms with E-state index >= 15 is 0 Å². The topological polar surface area (TPSA) is 104 Å². The van der Waals surface area contributed by atoms with Gasteiger partial charge >= 0.3 is 5.97 Å². The second-order valence-electron chi connectivity index (χ2n) is 8.40. The first-order chi connectivity index (χ1) is 16.1. The number of piperidine rings is 1. The van der Waals surface area contributed by atoms with Crippen molar-refractivity contribution in [2.45, 2.75) is 44.6 Å². The van der Waals surface area contributed by atoms with Gasteiger partial charge in [-0.25, -0.2) is 17.5 Å². The Morgan fingerprint density at radius 3 is 2.21 bits per heavy atom. The fraction of sp³-hybridized carbons (Fsp3) is 0.417. The molecule has 0 unspecified atom stereocenters. The van der Waals surface area contributed by atoms with Gasteiger partial charge in [0.2, 0.25) is 10.0 Å². The Balaban J connectivity index is 1.62. The van der Waals surface area contributed by atoms with Crippen LogP contribution < -0.4 is 5.32 Å². The monoisotopic (exact) mass is 526 g/mol. The summed E-state index contributed by atoms with van der Waals surface area (Å²) in [4.78, 5) is 24.4. The van der Waals surface area contributed by atoms with Crippen molar-refractivity contribution in [1.82, 2.24) is 9.62 Å². The predicted octanol–water partition coefficient (Wildman–Crippen LogP) is 4.34. The molecule has 1 saturated heterocycles. The van der Waals surface area contributed by atoms with E-state index in [0.29, 0.717) is 19.5 Å². The second-order valence-corrected chi connectivity index (χ2v) is 11.3. The summed E-state index contributed by atoms with van der Waals surface area (Å²) < 4.78 is 26.1. The van der Waals surface area contributed by atoms with Crippen LogP contribution in [0.2, 0.25) is 10.0 Å². The summed E-state index contributed by atoms with van der Waals surface area (Å²) in [6, 6.07) is 11.1. The number of hydrogen-bond donors (Lipinski definition) is 2. The minimum atomic E-state index is -3.18. The number of nitrogens with one attached hydrogen (secondary N) is 1. The zero-order chi connectivity index (χ0) is 24.9. The van der Waals surface area contributed by atoms with Crippen molar-refractivity contribution in [2.75, 3.05) is 18.8 Å². The highest BCUT2D eigenvalue weighted by Gasteiger charge is 2.28. The first-order valence-corrected chi connectivity index (χ1v) is 13.5. The minimum Gasteiger partial charge on any atom is -0.480 e. The van der Waals surface area contributed by atoms with Crippen LogP contribution in [0, 0.1) is 0 Å². The summed E-state index contributed by atoms with van der Waals surface area (Å²) in [6.45, 7) is 2.87. The highest BCUT2D eigenvalue weighted by Crippen LogP contribution is 2.30. The molecule has 0 aliphatic carbocycles. The molecule has 2 N–H and O–H groups in total. The summed E-state index contributed by atoms with van der Waals surface area (Å²) >= 11 is 12.1. The van der Waals surface area contributed by atoms with E-state index < -0.39 is 27.9 Å². The summed E-state index contributed by atoms with van der Waals surface area (Å²) in [5, 5.41) is 12.4. The molecule has 0 aromatic heterocycles. The summed E-state index contributed by atoms with van der Waals surface area (Å²) in [5.41, 5.74) is 1.89. The van der Waals surface area contributed by atoms with Crippen LogP contribution in [0.25, 0.3) is 0 Å². The smallest absolute Gasteiger partial charge is 0.326 e. The molecule has 0 spiro atoms. The Labute approximate surface area is 210 Å². The van der Waals surface area contributed by atoms with Crippen molar-refractivity contribution < 1.29 is 23.1 Å². The van der Waals surface area contributed by atoms with E-state index in [1.54, 1.807) is 10.4 Å². The standard InChI is InChI=1S/C24H28Cl2N2O5S/c1-2-14-34(32,33)28-12-10-18(11-13-28)17-8-6-16(7-9-17)15-21(24(30)31)27-23(29)22-19(25)4-3-5-20(22)26/h3-9,18,21H,2,10-15H2,1H3,(H,27,29)(H,30,31)/t21-/m0/s1. The number of rotatable bonds is 9. The fourth-order valence-electron chi connectivity index (χ4n) is 4.16. The van der Waals surface area contributed by atoms with Gasteiger partial charge in [-0.3, -0.25) is 4.79 Å². The molecule has 0 saturated carbocycles. The normalized spacial score (nSPS) is 16.2. The van der Waals surface area contributed by atoms with Crippen molar-refractivity contribution in [3.63, 3.8) is 0 Å². The summed E-state index contributed by atoms with van der Waals surface area (Å²) in [5.74, 6) is -1.39. The molecule has 7 nitrogen and oxygen atoms in total. The van der Waals surface area contributed by atoms with Gasteiger partial charge in [-0.2, -0.15) is 0 Å². The molecule has 1 heterocycles. The molecule has 0 bridgehead atoms. The maximum absolute atomic E-state index is 12.6. The lowest BCUT2D eigenvalue weighted by Gasteiger charge is -2.31. The van der Waals surface area contributed by atoms with Gasteiger partial charge < -0.3 is 10.4 Å². The molecule has 1 amide bonds. The number of hydrogen-bond acceptors (Lipinski definition) is 4. The quantitative estimate of drug-likeness (QED) is 0.505. The molecule has 10 heteroatoms. The Morgan fingerprint density at radius 2 is 1.68 bits per heavy atom. The van der Waals surface area contributed by atoms with Crippen LogP contribution in [-0.4, -0.2) is 54.6 Å². The molecular formula is C24H28Cl2N2O5S. The van der Waals surface area contributed by atoms with Crippen LogP contribution in [0.4, 0.5) is 0 Å². The Kier molecular flexibility index (Phi) is 8.98. The largest absolute Gasteiger partial charge is 0.480 e. The highest BCUT2D eigenvalue weighted by molar-refractivity contribution is 7.89. The number of carbonyl (C=O) groups is 2. The first kappa shape index (κ1) is 26.5. The van der Waals surface area contributed by atoms with E-state index in [1.165, 1.54) is 12.1 Å². The van der Waals surface area contributed by atoms with Crippen LogP contribution in [0.5, 0.6) is 0 Å². The zero-order valence-electron chi connectivity index (χ0n) is 18.8. The summed E-state index contributed by atoms with van der Waals surface area (Å²) in [7, 11) is -3.18. The van der Waals surface area contributed by atoms with Crippen LogP contribution in [0.3, 0.4) is 0 Å². The fourth-order valence-corrected chi connectivity index (χ4v) is 6.27. The number of halogens is 2. The summed E-state index contributed by atoms with van der Waals surface area (Å²) in [6.07, 6.45) is 2.19. The van der Waals surface area contributed by atoms with Crippen molar-refractivity contribution in [1.29, 1.82) is 0 Å². The molecule has 34 heavy (non-hydrogen) atoms. The first-order valence-electron chi connectivity index (χ1n) is 11.2. The Hall–Kier alpha value is -2.13. The van der Waals surface area contributed by atoms with Gasteiger partial charge in [-0.15, -0.1) is 0 Å². The van der Waals surface area contributed by atoms with Crippen LogP contribution in [0.1, 0.15) is 53.6 Å². The number of carboxylic acids is 1. The van der Waals surface area contributed by atoms with E-state index in [1.807, 2.05) is 31.2 Å². The SMILES string of the molecule is CCCS(=O)(=O)N1CCC(c2ccc(C[C@H](NC(=O)c3c(Cl)cccc3Cl)C(=O)O)cc2)CC1. The van der Waals surface area contributed by atoms with Gasteiger partial charge in [0.1, 0.15) is 6.04 Å². The van der Waals surface area contributed by atoms with Crippen LogP contribution in [0.15, 0.2) is 42.5 Å². The number of nitrogens with zero attached hydrogens (tertiary/aromatic N) is 1. The van der Waals surface area contributed by atoms with Gasteiger partial charge in [0, 0.05) is 19.5 Å². The maximum atomic E-state index is 12.6. The molecule has 3 rings (SSSR count). The van der Waals surface area contributed by atoms with E-state index in [0.717, 1.165) is 24.0 Å². The molecule has 2 aromatic carbocycles. The number of carboxylic acid groups (broad SMARTS) is 1. The van der Waals surface area contributed by atoms with E-state index in [9.17, 15) is 23.1 Å². The average molecular weight is 527 g/mol. The van der Waals surface area contributed by atoms with Crippen molar-refractivity contribution in [3.8, 4) is 0 Å². The molecule has 1 aliphatic heterocycles. The van der Waals surface area contributed by atoms with Gasteiger partial charge in [-0.1, -0.05) is 60.5 Å². The average Bonchev–Trinajstić information content (AvgIpc) is 2.79. The number of sulfonamides is 1. The van der Waals surface area contributed by atoms with Gasteiger partial charge in [0.25, 0.3) is 5.91 Å². The van der Waals surface area contributed by atoms with Gasteiger partial charge in [0.15, 0.2) is 0 Å².